The Morgan fingerprint density at radius 3 is 1.91 bits per heavy atom. The molecule has 0 heterocycles. The lowest BCUT2D eigenvalue weighted by Crippen LogP contribution is -2.37. The van der Waals surface area contributed by atoms with Gasteiger partial charge in [0.2, 0.25) is 0 Å². The third-order valence-electron chi connectivity index (χ3n) is 3.69. The number of rotatable bonds is 11. The average molecular weight is 508 g/mol. The Morgan fingerprint density at radius 1 is 0.824 bits per heavy atom. The van der Waals surface area contributed by atoms with Crippen LogP contribution in [-0.2, 0) is 34.9 Å². The molecule has 0 aromatic heterocycles. The lowest BCUT2D eigenvalue weighted by Gasteiger charge is -2.17. The molecule has 1 rings (SSSR count). The van der Waals surface area contributed by atoms with E-state index in [-0.39, 0.29) is 56.8 Å². The summed E-state index contributed by atoms with van der Waals surface area (Å²) in [5, 5.41) is 0. The molecule has 0 fully saturated rings. The van der Waals surface area contributed by atoms with Crippen LogP contribution in [0.25, 0.3) is 0 Å². The minimum atomic E-state index is -1.08. The van der Waals surface area contributed by atoms with Gasteiger partial charge in [-0.3, -0.25) is 4.79 Å². The highest BCUT2D eigenvalue weighted by atomic mass is 35.5. The van der Waals surface area contributed by atoms with E-state index in [1.54, 1.807) is 20.8 Å². The number of hydrogen-bond donors (Lipinski definition) is 1. The Morgan fingerprint density at radius 2 is 1.35 bits per heavy atom. The molecule has 0 aliphatic heterocycles. The molecule has 0 unspecified atom stereocenters. The molecule has 2 N–H and O–H groups in total. The highest BCUT2D eigenvalue weighted by Crippen LogP contribution is 2.30. The van der Waals surface area contributed by atoms with Crippen molar-refractivity contribution >= 4 is 36.8 Å². The molecule has 0 spiro atoms. The summed E-state index contributed by atoms with van der Waals surface area (Å²) in [5.74, 6) is -0.961. The minimum Gasteiger partial charge on any atom is -0.458 e. The van der Waals surface area contributed by atoms with Crippen molar-refractivity contribution in [3.8, 4) is 11.5 Å². The van der Waals surface area contributed by atoms with Crippen molar-refractivity contribution in [2.75, 3.05) is 26.4 Å². The Kier molecular flexibility index (Phi) is 14.8. The van der Waals surface area contributed by atoms with Gasteiger partial charge < -0.3 is 38.9 Å². The fourth-order valence-electron chi connectivity index (χ4n) is 2.32. The number of esters is 1. The Bertz CT molecular complexity index is 818. The van der Waals surface area contributed by atoms with Gasteiger partial charge in [0.1, 0.15) is 18.8 Å². The number of carbonyl (C=O) groups is 4. The van der Waals surface area contributed by atoms with Crippen molar-refractivity contribution < 1.29 is 52.3 Å². The molecule has 1 aromatic carbocycles. The van der Waals surface area contributed by atoms with Crippen molar-refractivity contribution in [2.24, 2.45) is 5.73 Å². The molecule has 0 aliphatic rings. The summed E-state index contributed by atoms with van der Waals surface area (Å²) in [5.41, 5.74) is 6.39. The minimum absolute atomic E-state index is 0. The molecular weight excluding hydrogens is 478 g/mol. The van der Waals surface area contributed by atoms with Crippen LogP contribution in [-0.4, -0.2) is 63.0 Å². The second kappa shape index (κ2) is 16.4. The van der Waals surface area contributed by atoms with Crippen LogP contribution in [0, 0.1) is 0 Å². The summed E-state index contributed by atoms with van der Waals surface area (Å²) in [6, 6.07) is 3.16. The van der Waals surface area contributed by atoms with E-state index in [2.05, 4.69) is 4.74 Å². The van der Waals surface area contributed by atoms with Crippen LogP contribution in [0.5, 0.6) is 11.5 Å². The first-order valence-corrected chi connectivity index (χ1v) is 10.3. The first-order chi connectivity index (χ1) is 15.7. The topological polar surface area (TPSA) is 159 Å². The number of ether oxygens (including phenoxy) is 7. The van der Waals surface area contributed by atoms with Crippen LogP contribution in [0.3, 0.4) is 0 Å². The summed E-state index contributed by atoms with van der Waals surface area (Å²) in [6.45, 7) is 6.46. The van der Waals surface area contributed by atoms with E-state index in [0.717, 1.165) is 0 Å². The lowest BCUT2D eigenvalue weighted by molar-refractivity contribution is -0.152. The standard InChI is InChI=1S/C21H29NO11.ClH/c1-5-27-19(24)30-12-13(4)31-18(23)15(22)10-14-8-9-16(32-20(25)28-6-2)17(11-14)33-21(26)29-7-3;/h8-9,11,13,15H,5-7,10,12,22H2,1-4H3;1H/t13-,15+;/m1./s1. The summed E-state index contributed by atoms with van der Waals surface area (Å²) in [7, 11) is 0. The van der Waals surface area contributed by atoms with Gasteiger partial charge >= 0.3 is 24.4 Å². The van der Waals surface area contributed by atoms with Gasteiger partial charge in [-0.05, 0) is 51.8 Å². The van der Waals surface area contributed by atoms with Crippen LogP contribution >= 0.6 is 12.4 Å². The summed E-state index contributed by atoms with van der Waals surface area (Å²) < 4.78 is 34.1. The van der Waals surface area contributed by atoms with E-state index in [1.807, 2.05) is 0 Å². The predicted molar refractivity (Wildman–Crippen MR) is 119 cm³/mol. The quantitative estimate of drug-likeness (QED) is 0.265. The van der Waals surface area contributed by atoms with E-state index < -0.39 is 36.6 Å². The van der Waals surface area contributed by atoms with Crippen molar-refractivity contribution in [3.63, 3.8) is 0 Å². The first-order valence-electron chi connectivity index (χ1n) is 10.3. The molecular formula is C21H30ClNO11. The highest BCUT2D eigenvalue weighted by Gasteiger charge is 2.22. The monoisotopic (exact) mass is 507 g/mol. The molecule has 0 saturated heterocycles. The van der Waals surface area contributed by atoms with Crippen LogP contribution in [0.4, 0.5) is 14.4 Å². The normalized spacial score (nSPS) is 11.7. The van der Waals surface area contributed by atoms with Crippen LogP contribution in [0.15, 0.2) is 18.2 Å². The zero-order valence-corrected chi connectivity index (χ0v) is 20.2. The maximum atomic E-state index is 12.3. The van der Waals surface area contributed by atoms with Crippen molar-refractivity contribution in [2.45, 2.75) is 46.3 Å². The SMILES string of the molecule is CCOC(=O)OC[C@@H](C)OC(=O)[C@@H](N)Cc1ccc(OC(=O)OCC)c(OC(=O)OCC)c1.Cl. The maximum Gasteiger partial charge on any atom is 0.513 e. The molecule has 0 radical (unpaired) electrons. The summed E-state index contributed by atoms with van der Waals surface area (Å²) >= 11 is 0. The van der Waals surface area contributed by atoms with Crippen LogP contribution < -0.4 is 15.2 Å². The summed E-state index contributed by atoms with van der Waals surface area (Å²) in [6.07, 6.45) is -3.62. The molecule has 13 heteroatoms. The number of halogens is 1. The number of hydrogen-bond acceptors (Lipinski definition) is 12. The lowest BCUT2D eigenvalue weighted by atomic mass is 10.1. The molecule has 0 saturated carbocycles. The number of carbonyl (C=O) groups excluding carboxylic acids is 4. The molecule has 2 atom stereocenters. The zero-order chi connectivity index (χ0) is 24.8. The molecule has 0 amide bonds. The molecule has 12 nitrogen and oxygen atoms in total. The highest BCUT2D eigenvalue weighted by molar-refractivity contribution is 5.85. The second-order valence-corrected chi connectivity index (χ2v) is 6.40. The van der Waals surface area contributed by atoms with Crippen LogP contribution in [0.1, 0.15) is 33.3 Å². The van der Waals surface area contributed by atoms with Gasteiger partial charge in [-0.15, -0.1) is 12.4 Å². The van der Waals surface area contributed by atoms with Crippen LogP contribution in [0.2, 0.25) is 0 Å². The molecule has 192 valence electrons. The molecule has 1 aromatic rings. The van der Waals surface area contributed by atoms with Gasteiger partial charge in [-0.25, -0.2) is 14.4 Å². The molecule has 0 bridgehead atoms. The van der Waals surface area contributed by atoms with Crippen molar-refractivity contribution in [3.05, 3.63) is 23.8 Å². The fraction of sp³-hybridized carbons (Fsp3) is 0.524. The van der Waals surface area contributed by atoms with E-state index >= 15 is 0 Å². The second-order valence-electron chi connectivity index (χ2n) is 6.40. The first kappa shape index (κ1) is 30.8. The van der Waals surface area contributed by atoms with E-state index in [4.69, 9.17) is 34.2 Å². The zero-order valence-electron chi connectivity index (χ0n) is 19.4. The smallest absolute Gasteiger partial charge is 0.458 e. The van der Waals surface area contributed by atoms with Crippen molar-refractivity contribution in [1.29, 1.82) is 0 Å². The maximum absolute atomic E-state index is 12.3. The largest absolute Gasteiger partial charge is 0.513 e. The van der Waals surface area contributed by atoms with E-state index in [0.29, 0.717) is 5.56 Å². The van der Waals surface area contributed by atoms with Gasteiger partial charge in [0.05, 0.1) is 19.8 Å². The van der Waals surface area contributed by atoms with Gasteiger partial charge in [0.25, 0.3) is 0 Å². The predicted octanol–water partition coefficient (Wildman–Crippen LogP) is 3.15. The van der Waals surface area contributed by atoms with Gasteiger partial charge in [0.15, 0.2) is 11.5 Å². The summed E-state index contributed by atoms with van der Waals surface area (Å²) in [4.78, 5) is 46.8. The Hall–Kier alpha value is -3.25. The molecule has 0 aliphatic carbocycles. The number of benzene rings is 1. The van der Waals surface area contributed by atoms with Gasteiger partial charge in [-0.2, -0.15) is 0 Å². The Labute approximate surface area is 203 Å². The van der Waals surface area contributed by atoms with Gasteiger partial charge in [-0.1, -0.05) is 6.07 Å². The van der Waals surface area contributed by atoms with Crippen molar-refractivity contribution in [1.82, 2.24) is 0 Å². The van der Waals surface area contributed by atoms with Gasteiger partial charge in [0, 0.05) is 0 Å². The van der Waals surface area contributed by atoms with E-state index in [1.165, 1.54) is 25.1 Å². The number of nitrogens with two attached hydrogens (primary N) is 1. The third kappa shape index (κ3) is 11.6. The average Bonchev–Trinajstić information content (AvgIpc) is 2.74. The third-order valence-corrected chi connectivity index (χ3v) is 3.69. The van der Waals surface area contributed by atoms with E-state index in [9.17, 15) is 19.2 Å². The molecule has 34 heavy (non-hydrogen) atoms. The Balaban J connectivity index is 0.0000109. The fourth-order valence-corrected chi connectivity index (χ4v) is 2.32.